The zero-order valence-corrected chi connectivity index (χ0v) is 25.4. The van der Waals surface area contributed by atoms with Crippen LogP contribution in [0.4, 0.5) is 13.2 Å². The molecule has 1 unspecified atom stereocenters. The number of rotatable bonds is 10. The molecule has 46 heavy (non-hydrogen) atoms. The number of hydrogen-bond donors (Lipinski definition) is 1. The lowest BCUT2D eigenvalue weighted by Gasteiger charge is -2.31. The van der Waals surface area contributed by atoms with Gasteiger partial charge >= 0.3 is 0 Å². The second kappa shape index (κ2) is 14.0. The first-order valence-corrected chi connectivity index (χ1v) is 14.5. The molecular formula is C33H33F3N8O2. The van der Waals surface area contributed by atoms with Crippen molar-refractivity contribution < 1.29 is 23.0 Å². The average Bonchev–Trinajstić information content (AvgIpc) is 3.80. The topological polar surface area (TPSA) is 118 Å². The van der Waals surface area contributed by atoms with Crippen LogP contribution in [0.15, 0.2) is 86.0 Å². The van der Waals surface area contributed by atoms with Crippen LogP contribution in [0.2, 0.25) is 0 Å². The number of nitrogens with zero attached hydrogens (tertiary/aromatic N) is 8. The fraction of sp³-hybridized carbons (Fsp3) is 0.303. The van der Waals surface area contributed by atoms with E-state index in [4.69, 9.17) is 10.00 Å². The van der Waals surface area contributed by atoms with Gasteiger partial charge in [-0.1, -0.05) is 24.3 Å². The summed E-state index contributed by atoms with van der Waals surface area (Å²) in [4.78, 5) is 9.72. The molecule has 0 amide bonds. The molecule has 0 spiro atoms. The van der Waals surface area contributed by atoms with Crippen molar-refractivity contribution in [3.63, 3.8) is 0 Å². The standard InChI is InChI=1S/C20H21FN2O.C13H12F2N6O/c1-23(2)11-3-10-20(17-5-7-18(21)8-6-17)19-9-4-15(13-22)12-16(19)14-24-20;14-10-1-2-11(12(15)3-10)13(22,4-20-8-16-6-18-20)5-21-9-17-7-19-21/h4-9,12H,3,10-11,14H2,1-2H3;1-3,6-9,22H,4-5H2. The Balaban J connectivity index is 0.000000182. The van der Waals surface area contributed by atoms with E-state index in [1.54, 1.807) is 12.1 Å². The molecule has 3 aromatic carbocycles. The van der Waals surface area contributed by atoms with Gasteiger partial charge in [0.25, 0.3) is 0 Å². The first-order valence-electron chi connectivity index (χ1n) is 14.5. The Morgan fingerprint density at radius 2 is 1.59 bits per heavy atom. The van der Waals surface area contributed by atoms with Crippen LogP contribution in [-0.4, -0.2) is 60.2 Å². The molecule has 238 valence electrons. The number of ether oxygens (including phenoxy) is 1. The van der Waals surface area contributed by atoms with E-state index >= 15 is 0 Å². The molecule has 0 saturated heterocycles. The summed E-state index contributed by atoms with van der Waals surface area (Å²) in [6.45, 7) is 1.28. The Bertz CT molecular complexity index is 1740. The molecule has 13 heteroatoms. The molecule has 0 saturated carbocycles. The molecule has 0 bridgehead atoms. The molecular weight excluding hydrogens is 597 g/mol. The number of fused-ring (bicyclic) bond motifs is 1. The predicted octanol–water partition coefficient (Wildman–Crippen LogP) is 4.55. The molecule has 6 rings (SSSR count). The van der Waals surface area contributed by atoms with Crippen molar-refractivity contribution in [2.75, 3.05) is 20.6 Å². The van der Waals surface area contributed by atoms with Crippen LogP contribution in [0.3, 0.4) is 0 Å². The Hall–Kier alpha value is -4.90. The summed E-state index contributed by atoms with van der Waals surface area (Å²) in [6, 6.07) is 17.5. The van der Waals surface area contributed by atoms with Crippen LogP contribution in [0, 0.1) is 28.8 Å². The summed E-state index contributed by atoms with van der Waals surface area (Å²) in [6.07, 6.45) is 7.18. The summed E-state index contributed by atoms with van der Waals surface area (Å²) < 4.78 is 49.6. The largest absolute Gasteiger partial charge is 0.381 e. The van der Waals surface area contributed by atoms with Crippen molar-refractivity contribution in [2.24, 2.45) is 0 Å². The van der Waals surface area contributed by atoms with Gasteiger partial charge in [0.05, 0.1) is 31.3 Å². The predicted molar refractivity (Wildman–Crippen MR) is 161 cm³/mol. The van der Waals surface area contributed by atoms with Gasteiger partial charge < -0.3 is 14.7 Å². The molecule has 1 aliphatic heterocycles. The maximum absolute atomic E-state index is 14.1. The number of nitriles is 1. The average molecular weight is 631 g/mol. The van der Waals surface area contributed by atoms with Gasteiger partial charge in [0.2, 0.25) is 0 Å². The third-order valence-electron chi connectivity index (χ3n) is 7.80. The van der Waals surface area contributed by atoms with E-state index in [0.29, 0.717) is 12.2 Å². The maximum atomic E-state index is 14.1. The first kappa shape index (κ1) is 32.5. The van der Waals surface area contributed by atoms with Crippen molar-refractivity contribution in [1.29, 1.82) is 5.26 Å². The Morgan fingerprint density at radius 3 is 2.15 bits per heavy atom. The van der Waals surface area contributed by atoms with Crippen LogP contribution in [0.25, 0.3) is 0 Å². The van der Waals surface area contributed by atoms with Crippen molar-refractivity contribution in [3.05, 3.63) is 131 Å². The fourth-order valence-corrected chi connectivity index (χ4v) is 5.66. The molecule has 0 radical (unpaired) electrons. The lowest BCUT2D eigenvalue weighted by atomic mass is 9.81. The van der Waals surface area contributed by atoms with Crippen LogP contribution < -0.4 is 0 Å². The highest BCUT2D eigenvalue weighted by molar-refractivity contribution is 5.48. The van der Waals surface area contributed by atoms with Gasteiger partial charge in [-0.15, -0.1) is 0 Å². The van der Waals surface area contributed by atoms with Gasteiger partial charge in [0.15, 0.2) is 0 Å². The van der Waals surface area contributed by atoms with E-state index < -0.39 is 22.8 Å². The lowest BCUT2D eigenvalue weighted by molar-refractivity contribution is -0.0140. The molecule has 0 aliphatic carbocycles. The van der Waals surface area contributed by atoms with Crippen LogP contribution >= 0.6 is 0 Å². The molecule has 2 aromatic heterocycles. The van der Waals surface area contributed by atoms with Gasteiger partial charge in [-0.3, -0.25) is 0 Å². The maximum Gasteiger partial charge on any atom is 0.137 e. The Morgan fingerprint density at radius 1 is 0.935 bits per heavy atom. The van der Waals surface area contributed by atoms with E-state index in [0.717, 1.165) is 48.2 Å². The quantitative estimate of drug-likeness (QED) is 0.239. The van der Waals surface area contributed by atoms with E-state index in [-0.39, 0.29) is 24.5 Å². The lowest BCUT2D eigenvalue weighted by Crippen LogP contribution is -2.37. The summed E-state index contributed by atoms with van der Waals surface area (Å²) in [5, 5.41) is 27.9. The molecule has 3 heterocycles. The molecule has 0 fully saturated rings. The summed E-state index contributed by atoms with van der Waals surface area (Å²) in [5.74, 6) is -1.81. The number of halogens is 3. The molecule has 10 nitrogen and oxygen atoms in total. The number of benzene rings is 3. The molecule has 1 N–H and O–H groups in total. The minimum absolute atomic E-state index is 0.0556. The summed E-state index contributed by atoms with van der Waals surface area (Å²) in [5.41, 5.74) is 1.42. The van der Waals surface area contributed by atoms with Crippen LogP contribution in [0.1, 0.15) is 40.7 Å². The van der Waals surface area contributed by atoms with E-state index in [1.165, 1.54) is 52.9 Å². The highest BCUT2D eigenvalue weighted by Crippen LogP contribution is 2.45. The fourth-order valence-electron chi connectivity index (χ4n) is 5.66. The van der Waals surface area contributed by atoms with Crippen molar-refractivity contribution >= 4 is 0 Å². The number of aromatic nitrogens is 6. The Labute approximate surface area is 264 Å². The first-order chi connectivity index (χ1) is 22.1. The number of aliphatic hydroxyl groups is 1. The highest BCUT2D eigenvalue weighted by atomic mass is 19.1. The minimum atomic E-state index is -1.70. The molecule has 5 aromatic rings. The molecule has 1 aliphatic rings. The monoisotopic (exact) mass is 630 g/mol. The summed E-state index contributed by atoms with van der Waals surface area (Å²) in [7, 11) is 4.10. The minimum Gasteiger partial charge on any atom is -0.381 e. The van der Waals surface area contributed by atoms with Crippen molar-refractivity contribution in [2.45, 2.75) is 43.7 Å². The van der Waals surface area contributed by atoms with Crippen molar-refractivity contribution in [1.82, 2.24) is 34.4 Å². The third kappa shape index (κ3) is 7.31. The van der Waals surface area contributed by atoms with E-state index in [1.807, 2.05) is 32.3 Å². The second-order valence-corrected chi connectivity index (χ2v) is 11.4. The normalized spacial score (nSPS) is 15.7. The summed E-state index contributed by atoms with van der Waals surface area (Å²) >= 11 is 0. The van der Waals surface area contributed by atoms with E-state index in [9.17, 15) is 18.3 Å². The zero-order valence-electron chi connectivity index (χ0n) is 25.4. The Kier molecular flexibility index (Phi) is 9.91. The second-order valence-electron chi connectivity index (χ2n) is 11.4. The van der Waals surface area contributed by atoms with Crippen LogP contribution in [-0.2, 0) is 35.6 Å². The van der Waals surface area contributed by atoms with Gasteiger partial charge in [-0.2, -0.15) is 15.5 Å². The van der Waals surface area contributed by atoms with Gasteiger partial charge in [0.1, 0.15) is 54.0 Å². The van der Waals surface area contributed by atoms with Gasteiger partial charge in [-0.25, -0.2) is 32.5 Å². The molecule has 1 atom stereocenters. The van der Waals surface area contributed by atoms with Crippen LogP contribution in [0.5, 0.6) is 0 Å². The zero-order chi connectivity index (χ0) is 32.7. The third-order valence-corrected chi connectivity index (χ3v) is 7.80. The highest BCUT2D eigenvalue weighted by Gasteiger charge is 2.41. The van der Waals surface area contributed by atoms with Gasteiger partial charge in [0, 0.05) is 11.6 Å². The van der Waals surface area contributed by atoms with E-state index in [2.05, 4.69) is 31.1 Å². The smallest absolute Gasteiger partial charge is 0.137 e. The SMILES string of the molecule is CN(C)CCCC1(c2ccc(F)cc2)OCc2cc(C#N)ccc21.OC(Cn1cncn1)(Cn1cncn1)c1ccc(F)cc1F. The number of hydrogen-bond acceptors (Lipinski definition) is 8. The van der Waals surface area contributed by atoms with Gasteiger partial charge in [-0.05, 0) is 80.5 Å². The van der Waals surface area contributed by atoms with Crippen molar-refractivity contribution in [3.8, 4) is 6.07 Å².